The minimum Gasteiger partial charge on any atom is -0.493 e. The normalized spacial score (nSPS) is 10.2. The van der Waals surface area contributed by atoms with Gasteiger partial charge in [-0.3, -0.25) is 4.79 Å². The van der Waals surface area contributed by atoms with Crippen molar-refractivity contribution in [2.75, 3.05) is 17.7 Å². The molecule has 0 aliphatic carbocycles. The van der Waals surface area contributed by atoms with E-state index in [1.165, 1.54) is 12.1 Å². The second-order valence-electron chi connectivity index (χ2n) is 4.68. The summed E-state index contributed by atoms with van der Waals surface area (Å²) >= 11 is 0. The molecule has 0 fully saturated rings. The maximum Gasteiger partial charge on any atom is 0.227 e. The summed E-state index contributed by atoms with van der Waals surface area (Å²) in [6.07, 6.45) is 0.200. The first kappa shape index (κ1) is 14.8. The van der Waals surface area contributed by atoms with Gasteiger partial charge in [-0.15, -0.1) is 0 Å². The van der Waals surface area contributed by atoms with E-state index in [0.29, 0.717) is 22.7 Å². The predicted octanol–water partition coefficient (Wildman–Crippen LogP) is 3.12. The smallest absolute Gasteiger partial charge is 0.227 e. The van der Waals surface area contributed by atoms with Gasteiger partial charge < -0.3 is 15.8 Å². The molecule has 0 heterocycles. The van der Waals surface area contributed by atoms with E-state index in [1.807, 2.05) is 0 Å². The number of nitrogens with one attached hydrogen (secondary N) is 1. The molecule has 0 spiro atoms. The third-order valence-corrected chi connectivity index (χ3v) is 2.89. The molecule has 2 aromatic rings. The molecule has 0 aromatic heterocycles. The third kappa shape index (κ3) is 4.49. The van der Waals surface area contributed by atoms with Crippen molar-refractivity contribution in [3.63, 3.8) is 0 Å². The second-order valence-corrected chi connectivity index (χ2v) is 4.68. The summed E-state index contributed by atoms with van der Waals surface area (Å²) in [5.41, 5.74) is 7.57. The Hall–Kier alpha value is -2.56. The SMILES string of the molecule is Cc1cc(F)ccc1OCCC(=O)Nc1cccc(N)c1. The van der Waals surface area contributed by atoms with Crippen LogP contribution in [0.1, 0.15) is 12.0 Å². The van der Waals surface area contributed by atoms with Crippen molar-refractivity contribution in [2.24, 2.45) is 0 Å². The molecule has 0 unspecified atom stereocenters. The molecule has 0 bridgehead atoms. The quantitative estimate of drug-likeness (QED) is 0.831. The lowest BCUT2D eigenvalue weighted by Gasteiger charge is -2.09. The fourth-order valence-corrected chi connectivity index (χ4v) is 1.87. The van der Waals surface area contributed by atoms with Crippen LogP contribution in [-0.2, 0) is 4.79 Å². The predicted molar refractivity (Wildman–Crippen MR) is 80.7 cm³/mol. The van der Waals surface area contributed by atoms with E-state index < -0.39 is 0 Å². The van der Waals surface area contributed by atoms with Gasteiger partial charge in [-0.2, -0.15) is 0 Å². The number of hydrogen-bond donors (Lipinski definition) is 2. The van der Waals surface area contributed by atoms with Crippen LogP contribution in [0.15, 0.2) is 42.5 Å². The summed E-state index contributed by atoms with van der Waals surface area (Å²) < 4.78 is 18.4. The summed E-state index contributed by atoms with van der Waals surface area (Å²) in [5.74, 6) is 0.104. The minimum absolute atomic E-state index is 0.166. The Labute approximate surface area is 122 Å². The zero-order valence-electron chi connectivity index (χ0n) is 11.7. The molecule has 0 aliphatic rings. The Morgan fingerprint density at radius 1 is 1.29 bits per heavy atom. The van der Waals surface area contributed by atoms with Gasteiger partial charge in [0.25, 0.3) is 0 Å². The Balaban J connectivity index is 1.81. The molecular formula is C16H17FN2O2. The fourth-order valence-electron chi connectivity index (χ4n) is 1.87. The monoisotopic (exact) mass is 288 g/mol. The molecule has 2 rings (SSSR count). The summed E-state index contributed by atoms with van der Waals surface area (Å²) in [4.78, 5) is 11.8. The van der Waals surface area contributed by atoms with Gasteiger partial charge in [0.15, 0.2) is 0 Å². The van der Waals surface area contributed by atoms with Crippen LogP contribution in [0.2, 0.25) is 0 Å². The number of ether oxygens (including phenoxy) is 1. The molecule has 0 radical (unpaired) electrons. The number of rotatable bonds is 5. The number of nitrogen functional groups attached to an aromatic ring is 1. The van der Waals surface area contributed by atoms with E-state index in [2.05, 4.69) is 5.32 Å². The number of anilines is 2. The van der Waals surface area contributed by atoms with Crippen molar-refractivity contribution in [2.45, 2.75) is 13.3 Å². The average molecular weight is 288 g/mol. The van der Waals surface area contributed by atoms with E-state index in [9.17, 15) is 9.18 Å². The van der Waals surface area contributed by atoms with Gasteiger partial charge in [-0.1, -0.05) is 6.07 Å². The largest absolute Gasteiger partial charge is 0.493 e. The lowest BCUT2D eigenvalue weighted by molar-refractivity contribution is -0.116. The van der Waals surface area contributed by atoms with E-state index >= 15 is 0 Å². The van der Waals surface area contributed by atoms with Crippen LogP contribution in [0.3, 0.4) is 0 Å². The number of aryl methyl sites for hydroxylation is 1. The Morgan fingerprint density at radius 2 is 2.10 bits per heavy atom. The van der Waals surface area contributed by atoms with Crippen molar-refractivity contribution in [1.29, 1.82) is 0 Å². The first-order valence-electron chi connectivity index (χ1n) is 6.59. The lowest BCUT2D eigenvalue weighted by atomic mass is 10.2. The van der Waals surface area contributed by atoms with Gasteiger partial charge in [0.1, 0.15) is 11.6 Å². The van der Waals surface area contributed by atoms with Crippen LogP contribution < -0.4 is 15.8 Å². The molecule has 0 saturated heterocycles. The fraction of sp³-hybridized carbons (Fsp3) is 0.188. The van der Waals surface area contributed by atoms with E-state index in [-0.39, 0.29) is 24.8 Å². The topological polar surface area (TPSA) is 64.3 Å². The third-order valence-electron chi connectivity index (χ3n) is 2.89. The minimum atomic E-state index is -0.306. The molecule has 0 aliphatic heterocycles. The van der Waals surface area contributed by atoms with Crippen LogP contribution in [0.5, 0.6) is 5.75 Å². The molecule has 110 valence electrons. The molecule has 21 heavy (non-hydrogen) atoms. The van der Waals surface area contributed by atoms with Crippen molar-refractivity contribution in [3.8, 4) is 5.75 Å². The highest BCUT2D eigenvalue weighted by Gasteiger charge is 2.05. The van der Waals surface area contributed by atoms with Crippen LogP contribution in [0, 0.1) is 12.7 Å². The first-order valence-corrected chi connectivity index (χ1v) is 6.59. The van der Waals surface area contributed by atoms with Gasteiger partial charge in [0.05, 0.1) is 13.0 Å². The lowest BCUT2D eigenvalue weighted by Crippen LogP contribution is -2.15. The maximum absolute atomic E-state index is 12.9. The van der Waals surface area contributed by atoms with Crippen molar-refractivity contribution < 1.29 is 13.9 Å². The van der Waals surface area contributed by atoms with Crippen LogP contribution >= 0.6 is 0 Å². The number of benzene rings is 2. The Kier molecular flexibility index (Phi) is 4.77. The zero-order valence-corrected chi connectivity index (χ0v) is 11.7. The molecule has 4 nitrogen and oxygen atoms in total. The molecule has 3 N–H and O–H groups in total. The van der Waals surface area contributed by atoms with Gasteiger partial charge in [-0.05, 0) is 48.9 Å². The van der Waals surface area contributed by atoms with Crippen LogP contribution in [-0.4, -0.2) is 12.5 Å². The van der Waals surface area contributed by atoms with E-state index in [1.54, 1.807) is 37.3 Å². The average Bonchev–Trinajstić information content (AvgIpc) is 2.41. The van der Waals surface area contributed by atoms with Gasteiger partial charge in [0, 0.05) is 11.4 Å². The molecule has 2 aromatic carbocycles. The number of carbonyl (C=O) groups excluding carboxylic acids is 1. The summed E-state index contributed by atoms with van der Waals surface area (Å²) in [5, 5.41) is 2.73. The summed E-state index contributed by atoms with van der Waals surface area (Å²) in [6.45, 7) is 1.98. The van der Waals surface area contributed by atoms with E-state index in [0.717, 1.165) is 0 Å². The highest BCUT2D eigenvalue weighted by molar-refractivity contribution is 5.91. The van der Waals surface area contributed by atoms with Crippen molar-refractivity contribution in [3.05, 3.63) is 53.8 Å². The molecule has 1 amide bonds. The van der Waals surface area contributed by atoms with Gasteiger partial charge >= 0.3 is 0 Å². The maximum atomic E-state index is 12.9. The number of carbonyl (C=O) groups is 1. The number of nitrogens with two attached hydrogens (primary N) is 1. The Bertz CT molecular complexity index is 644. The van der Waals surface area contributed by atoms with E-state index in [4.69, 9.17) is 10.5 Å². The van der Waals surface area contributed by atoms with Crippen molar-refractivity contribution >= 4 is 17.3 Å². The van der Waals surface area contributed by atoms with Gasteiger partial charge in [-0.25, -0.2) is 4.39 Å². The molecule has 0 saturated carbocycles. The standard InChI is InChI=1S/C16H17FN2O2/c1-11-9-12(17)5-6-15(11)21-8-7-16(20)19-14-4-2-3-13(18)10-14/h2-6,9-10H,7-8,18H2,1H3,(H,19,20). The molecular weight excluding hydrogens is 271 g/mol. The first-order chi connectivity index (χ1) is 10.0. The number of halogens is 1. The molecule has 5 heteroatoms. The van der Waals surface area contributed by atoms with Crippen LogP contribution in [0.25, 0.3) is 0 Å². The zero-order chi connectivity index (χ0) is 15.2. The van der Waals surface area contributed by atoms with Crippen molar-refractivity contribution in [1.82, 2.24) is 0 Å². The second kappa shape index (κ2) is 6.74. The van der Waals surface area contributed by atoms with Crippen LogP contribution in [0.4, 0.5) is 15.8 Å². The summed E-state index contributed by atoms with van der Waals surface area (Å²) in [6, 6.07) is 11.2. The number of amides is 1. The Morgan fingerprint density at radius 3 is 2.81 bits per heavy atom. The number of hydrogen-bond acceptors (Lipinski definition) is 3. The highest BCUT2D eigenvalue weighted by Crippen LogP contribution is 2.18. The summed E-state index contributed by atoms with van der Waals surface area (Å²) in [7, 11) is 0. The highest BCUT2D eigenvalue weighted by atomic mass is 19.1. The molecule has 0 atom stereocenters. The van der Waals surface area contributed by atoms with Gasteiger partial charge in [0.2, 0.25) is 5.91 Å².